The normalized spacial score (nSPS) is 16.0. The third-order valence-electron chi connectivity index (χ3n) is 3.80. The number of carbonyl (C=O) groups is 1. The summed E-state index contributed by atoms with van der Waals surface area (Å²) >= 11 is 0. The molecule has 1 aromatic carbocycles. The zero-order valence-corrected chi connectivity index (χ0v) is 13.6. The third-order valence-corrected chi connectivity index (χ3v) is 3.80. The number of nitrogens with zero attached hydrogens (tertiary/aromatic N) is 2. The number of aryl methyl sites for hydroxylation is 1. The second-order valence-electron chi connectivity index (χ2n) is 5.45. The molecule has 1 atom stereocenters. The van der Waals surface area contributed by atoms with E-state index in [9.17, 15) is 4.79 Å². The Morgan fingerprint density at radius 1 is 1.42 bits per heavy atom. The lowest BCUT2D eigenvalue weighted by atomic mass is 9.95. The number of nitrogens with one attached hydrogen (secondary N) is 1. The molecule has 1 unspecified atom stereocenters. The number of ether oxygens (including phenoxy) is 3. The summed E-state index contributed by atoms with van der Waals surface area (Å²) < 4.78 is 20.9. The van der Waals surface area contributed by atoms with Crippen molar-refractivity contribution in [2.75, 3.05) is 26.9 Å². The largest absolute Gasteiger partial charge is 0.493 e. The monoisotopic (exact) mass is 333 g/mol. The summed E-state index contributed by atoms with van der Waals surface area (Å²) in [4.78, 5) is 12.3. The Hall–Kier alpha value is -2.77. The summed E-state index contributed by atoms with van der Waals surface area (Å²) in [5, 5.41) is 10.1. The number of rotatable bonds is 6. The first-order valence-corrected chi connectivity index (χ1v) is 7.67. The highest BCUT2D eigenvalue weighted by Gasteiger charge is 2.27. The minimum absolute atomic E-state index is 0.0675. The molecule has 0 fully saturated rings. The standard InChI is InChI=1S/C16H19N3O5/c1-10-16(19-24-18-10)22-7-6-17-15(20)12-8-11-4-3-5-13(21-2)14(11)23-9-12/h3-5,12H,6-9H2,1-2H3,(H,17,20). The number of aromatic nitrogens is 2. The molecular formula is C16H19N3O5. The Labute approximate surface area is 139 Å². The smallest absolute Gasteiger partial charge is 0.278 e. The maximum Gasteiger partial charge on any atom is 0.278 e. The highest BCUT2D eigenvalue weighted by Crippen LogP contribution is 2.35. The maximum absolute atomic E-state index is 12.3. The van der Waals surface area contributed by atoms with Gasteiger partial charge in [0.25, 0.3) is 5.88 Å². The summed E-state index contributed by atoms with van der Waals surface area (Å²) in [7, 11) is 1.60. The molecule has 1 aliphatic heterocycles. The van der Waals surface area contributed by atoms with Crippen LogP contribution in [0.25, 0.3) is 0 Å². The molecule has 1 amide bonds. The van der Waals surface area contributed by atoms with Gasteiger partial charge in [0.1, 0.15) is 18.9 Å². The molecule has 0 saturated heterocycles. The van der Waals surface area contributed by atoms with E-state index >= 15 is 0 Å². The first-order chi connectivity index (χ1) is 11.7. The van der Waals surface area contributed by atoms with E-state index in [1.165, 1.54) is 0 Å². The molecule has 0 radical (unpaired) electrons. The van der Waals surface area contributed by atoms with Crippen LogP contribution in [0, 0.1) is 12.8 Å². The lowest BCUT2D eigenvalue weighted by Crippen LogP contribution is -2.39. The number of hydrogen-bond acceptors (Lipinski definition) is 7. The SMILES string of the molecule is COc1cccc2c1OCC(C(=O)NCCOc1nonc1C)C2. The number of benzene rings is 1. The molecular weight excluding hydrogens is 314 g/mol. The summed E-state index contributed by atoms with van der Waals surface area (Å²) in [6.45, 7) is 2.72. The Balaban J connectivity index is 1.48. The predicted octanol–water partition coefficient (Wildman–Crippen LogP) is 1.13. The molecule has 0 spiro atoms. The van der Waals surface area contributed by atoms with Crippen LogP contribution in [-0.4, -0.2) is 43.1 Å². The van der Waals surface area contributed by atoms with Crippen molar-refractivity contribution >= 4 is 5.91 Å². The fraction of sp³-hybridized carbons (Fsp3) is 0.438. The van der Waals surface area contributed by atoms with E-state index in [0.29, 0.717) is 43.5 Å². The lowest BCUT2D eigenvalue weighted by Gasteiger charge is -2.25. The molecule has 1 aromatic heterocycles. The molecule has 0 bridgehead atoms. The molecule has 2 aromatic rings. The van der Waals surface area contributed by atoms with Crippen LogP contribution >= 0.6 is 0 Å². The minimum atomic E-state index is -0.236. The average molecular weight is 333 g/mol. The second-order valence-corrected chi connectivity index (χ2v) is 5.45. The van der Waals surface area contributed by atoms with Gasteiger partial charge in [0.2, 0.25) is 5.91 Å². The highest BCUT2D eigenvalue weighted by molar-refractivity contribution is 5.79. The van der Waals surface area contributed by atoms with E-state index in [4.69, 9.17) is 14.2 Å². The zero-order chi connectivity index (χ0) is 16.9. The molecule has 1 aliphatic rings. The van der Waals surface area contributed by atoms with E-state index in [1.807, 2.05) is 18.2 Å². The minimum Gasteiger partial charge on any atom is -0.493 e. The highest BCUT2D eigenvalue weighted by atomic mass is 16.6. The third kappa shape index (κ3) is 3.42. The number of amides is 1. The molecule has 8 nitrogen and oxygen atoms in total. The molecule has 0 saturated carbocycles. The fourth-order valence-electron chi connectivity index (χ4n) is 2.54. The Bertz CT molecular complexity index is 715. The van der Waals surface area contributed by atoms with E-state index < -0.39 is 0 Å². The van der Waals surface area contributed by atoms with Crippen molar-refractivity contribution in [2.24, 2.45) is 5.92 Å². The number of carbonyl (C=O) groups excluding carboxylic acids is 1. The van der Waals surface area contributed by atoms with Crippen molar-refractivity contribution in [3.63, 3.8) is 0 Å². The first kappa shape index (κ1) is 16.1. The molecule has 1 N–H and O–H groups in total. The van der Waals surface area contributed by atoms with Crippen LogP contribution in [0.5, 0.6) is 17.4 Å². The van der Waals surface area contributed by atoms with Crippen molar-refractivity contribution < 1.29 is 23.6 Å². The van der Waals surface area contributed by atoms with Gasteiger partial charge in [0, 0.05) is 0 Å². The van der Waals surface area contributed by atoms with Gasteiger partial charge < -0.3 is 19.5 Å². The van der Waals surface area contributed by atoms with Gasteiger partial charge in [0.15, 0.2) is 11.5 Å². The number of hydrogen-bond donors (Lipinski definition) is 1. The summed E-state index contributed by atoms with van der Waals surface area (Å²) in [5.74, 6) is 1.45. The van der Waals surface area contributed by atoms with E-state index in [0.717, 1.165) is 11.3 Å². The molecule has 3 rings (SSSR count). The predicted molar refractivity (Wildman–Crippen MR) is 83.2 cm³/mol. The first-order valence-electron chi connectivity index (χ1n) is 7.67. The zero-order valence-electron chi connectivity index (χ0n) is 13.6. The molecule has 8 heteroatoms. The van der Waals surface area contributed by atoms with Crippen LogP contribution in [0.15, 0.2) is 22.8 Å². The van der Waals surface area contributed by atoms with Gasteiger partial charge in [-0.2, -0.15) is 0 Å². The number of para-hydroxylation sites is 1. The van der Waals surface area contributed by atoms with Crippen LogP contribution in [-0.2, 0) is 11.2 Å². The Kier molecular flexibility index (Phi) is 4.83. The van der Waals surface area contributed by atoms with Crippen molar-refractivity contribution in [2.45, 2.75) is 13.3 Å². The van der Waals surface area contributed by atoms with Gasteiger partial charge in [-0.3, -0.25) is 4.79 Å². The van der Waals surface area contributed by atoms with Crippen molar-refractivity contribution in [1.29, 1.82) is 0 Å². The van der Waals surface area contributed by atoms with Crippen LogP contribution in [0.3, 0.4) is 0 Å². The fourth-order valence-corrected chi connectivity index (χ4v) is 2.54. The number of methoxy groups -OCH3 is 1. The van der Waals surface area contributed by atoms with Crippen molar-refractivity contribution in [3.8, 4) is 17.4 Å². The van der Waals surface area contributed by atoms with Gasteiger partial charge in [-0.05, 0) is 30.1 Å². The lowest BCUT2D eigenvalue weighted by molar-refractivity contribution is -0.126. The van der Waals surface area contributed by atoms with Gasteiger partial charge in [-0.15, -0.1) is 0 Å². The van der Waals surface area contributed by atoms with Crippen LogP contribution < -0.4 is 19.5 Å². The molecule has 2 heterocycles. The molecule has 0 aliphatic carbocycles. The summed E-state index contributed by atoms with van der Waals surface area (Å²) in [6, 6.07) is 5.68. The topological polar surface area (TPSA) is 95.7 Å². The Morgan fingerprint density at radius 3 is 3.04 bits per heavy atom. The summed E-state index contributed by atoms with van der Waals surface area (Å²) in [6.07, 6.45) is 0.617. The van der Waals surface area contributed by atoms with Gasteiger partial charge in [-0.25, -0.2) is 4.63 Å². The number of fused-ring (bicyclic) bond motifs is 1. The van der Waals surface area contributed by atoms with E-state index in [-0.39, 0.29) is 11.8 Å². The summed E-state index contributed by atoms with van der Waals surface area (Å²) in [5.41, 5.74) is 1.55. The van der Waals surface area contributed by atoms with Crippen LogP contribution in [0.1, 0.15) is 11.3 Å². The quantitative estimate of drug-likeness (QED) is 0.792. The molecule has 128 valence electrons. The van der Waals surface area contributed by atoms with Gasteiger partial charge in [-0.1, -0.05) is 17.3 Å². The van der Waals surface area contributed by atoms with Crippen molar-refractivity contribution in [1.82, 2.24) is 15.6 Å². The van der Waals surface area contributed by atoms with E-state index in [1.54, 1.807) is 14.0 Å². The van der Waals surface area contributed by atoms with Crippen LogP contribution in [0.4, 0.5) is 0 Å². The second kappa shape index (κ2) is 7.20. The molecule has 24 heavy (non-hydrogen) atoms. The van der Waals surface area contributed by atoms with Gasteiger partial charge in [0.05, 0.1) is 19.6 Å². The Morgan fingerprint density at radius 2 is 2.29 bits per heavy atom. The van der Waals surface area contributed by atoms with Gasteiger partial charge >= 0.3 is 0 Å². The van der Waals surface area contributed by atoms with E-state index in [2.05, 4.69) is 20.3 Å². The maximum atomic E-state index is 12.3. The van der Waals surface area contributed by atoms with Crippen molar-refractivity contribution in [3.05, 3.63) is 29.5 Å². The van der Waals surface area contributed by atoms with Crippen LogP contribution in [0.2, 0.25) is 0 Å². The average Bonchev–Trinajstić information content (AvgIpc) is 3.02.